The van der Waals surface area contributed by atoms with Crippen molar-refractivity contribution in [2.24, 2.45) is 0 Å². The molecule has 7 heteroatoms. The quantitative estimate of drug-likeness (QED) is 0.794. The van der Waals surface area contributed by atoms with Crippen molar-refractivity contribution in [2.45, 2.75) is 13.0 Å². The predicted molar refractivity (Wildman–Crippen MR) is 61.5 cm³/mol. The summed E-state index contributed by atoms with van der Waals surface area (Å²) in [5, 5.41) is -0.0370. The van der Waals surface area contributed by atoms with Gasteiger partial charge in [-0.25, -0.2) is 0 Å². The summed E-state index contributed by atoms with van der Waals surface area (Å²) in [6.07, 6.45) is -0.129. The Hall–Kier alpha value is -0.880. The molecule has 0 atom stereocenters. The number of carbonyl (C=O) groups is 1. The molecule has 3 nitrogen and oxygen atoms in total. The van der Waals surface area contributed by atoms with E-state index >= 15 is 0 Å². The molecule has 1 aromatic rings. The van der Waals surface area contributed by atoms with Crippen LogP contribution in [0, 0.1) is 0 Å². The Labute approximate surface area is 110 Å². The average Bonchev–Trinajstić information content (AvgIpc) is 2.27. The van der Waals surface area contributed by atoms with Crippen molar-refractivity contribution in [2.75, 3.05) is 7.11 Å². The number of benzene rings is 1. The van der Waals surface area contributed by atoms with Gasteiger partial charge >= 0.3 is 12.6 Å². The van der Waals surface area contributed by atoms with E-state index < -0.39 is 12.6 Å². The van der Waals surface area contributed by atoms with E-state index in [0.717, 1.165) is 0 Å². The highest BCUT2D eigenvalue weighted by molar-refractivity contribution is 9.10. The van der Waals surface area contributed by atoms with E-state index in [-0.39, 0.29) is 17.2 Å². The molecule has 0 saturated heterocycles. The second-order valence-electron chi connectivity index (χ2n) is 2.97. The summed E-state index contributed by atoms with van der Waals surface area (Å²) in [7, 11) is 1.23. The largest absolute Gasteiger partial charge is 0.469 e. The Kier molecular flexibility index (Phi) is 5.14. The van der Waals surface area contributed by atoms with E-state index in [0.29, 0.717) is 10.0 Å². The summed E-state index contributed by atoms with van der Waals surface area (Å²) < 4.78 is 33.4. The Balaban J connectivity index is 3.06. The van der Waals surface area contributed by atoms with Crippen LogP contribution in [0.5, 0.6) is 5.75 Å². The lowest BCUT2D eigenvalue weighted by Gasteiger charge is -2.11. The fraction of sp³-hybridized carbons (Fsp3) is 0.300. The molecule has 0 amide bonds. The molecule has 0 aromatic heterocycles. The molecule has 94 valence electrons. The third-order valence-corrected chi connectivity index (χ3v) is 3.07. The predicted octanol–water partition coefficient (Wildman–Crippen LogP) is 3.42. The highest BCUT2D eigenvalue weighted by Crippen LogP contribution is 2.34. The fourth-order valence-electron chi connectivity index (χ4n) is 1.14. The summed E-state index contributed by atoms with van der Waals surface area (Å²) in [6.45, 7) is -2.97. The van der Waals surface area contributed by atoms with Gasteiger partial charge in [0.25, 0.3) is 0 Å². The maximum Gasteiger partial charge on any atom is 0.387 e. The minimum atomic E-state index is -2.97. The lowest BCUT2D eigenvalue weighted by atomic mass is 10.1. The van der Waals surface area contributed by atoms with Crippen molar-refractivity contribution in [3.05, 3.63) is 27.2 Å². The standard InChI is InChI=1S/C10H8BrClF2O3/c1-16-8(15)4-5-6(11)2-3-7(9(5)12)17-10(13)14/h2-3,10H,4H2,1H3. The number of ether oxygens (including phenoxy) is 2. The molecule has 0 aliphatic rings. The number of hydrogen-bond acceptors (Lipinski definition) is 3. The summed E-state index contributed by atoms with van der Waals surface area (Å²) in [5.41, 5.74) is 0.344. The van der Waals surface area contributed by atoms with Gasteiger partial charge in [0.1, 0.15) is 5.75 Å². The Morgan fingerprint density at radius 1 is 1.53 bits per heavy atom. The van der Waals surface area contributed by atoms with Crippen molar-refractivity contribution in [3.8, 4) is 5.75 Å². The maximum atomic E-state index is 12.1. The molecule has 0 heterocycles. The van der Waals surface area contributed by atoms with Gasteiger partial charge in [0.2, 0.25) is 0 Å². The van der Waals surface area contributed by atoms with E-state index in [2.05, 4.69) is 25.4 Å². The number of methoxy groups -OCH3 is 1. The fourth-order valence-corrected chi connectivity index (χ4v) is 2.00. The lowest BCUT2D eigenvalue weighted by Crippen LogP contribution is -2.08. The molecule has 1 aromatic carbocycles. The summed E-state index contributed by atoms with van der Waals surface area (Å²) in [5.74, 6) is -0.703. The van der Waals surface area contributed by atoms with Gasteiger partial charge in [-0.15, -0.1) is 0 Å². The van der Waals surface area contributed by atoms with E-state index in [9.17, 15) is 13.6 Å². The van der Waals surface area contributed by atoms with E-state index in [1.165, 1.54) is 19.2 Å². The van der Waals surface area contributed by atoms with Crippen molar-refractivity contribution in [1.82, 2.24) is 0 Å². The Morgan fingerprint density at radius 2 is 2.18 bits per heavy atom. The van der Waals surface area contributed by atoms with Crippen LogP contribution in [0.15, 0.2) is 16.6 Å². The summed E-state index contributed by atoms with van der Waals surface area (Å²) in [6, 6.07) is 2.77. The number of alkyl halides is 2. The first kappa shape index (κ1) is 14.2. The number of carbonyl (C=O) groups excluding carboxylic acids is 1. The Bertz CT molecular complexity index is 426. The van der Waals surface area contributed by atoms with Crippen molar-refractivity contribution >= 4 is 33.5 Å². The molecule has 0 bridgehead atoms. The highest BCUT2D eigenvalue weighted by Gasteiger charge is 2.17. The van der Waals surface area contributed by atoms with Gasteiger partial charge in [0.15, 0.2) is 0 Å². The smallest absolute Gasteiger partial charge is 0.387 e. The average molecular weight is 330 g/mol. The molecular weight excluding hydrogens is 321 g/mol. The van der Waals surface area contributed by atoms with Gasteiger partial charge in [-0.2, -0.15) is 8.78 Å². The first-order chi connectivity index (χ1) is 7.95. The molecule has 0 spiro atoms. The van der Waals surface area contributed by atoms with E-state index in [4.69, 9.17) is 11.6 Å². The number of esters is 1. The van der Waals surface area contributed by atoms with Crippen LogP contribution in [-0.2, 0) is 16.0 Å². The van der Waals surface area contributed by atoms with Gasteiger partial charge in [0.05, 0.1) is 18.6 Å². The first-order valence-electron chi connectivity index (χ1n) is 4.44. The number of rotatable bonds is 4. The first-order valence-corrected chi connectivity index (χ1v) is 5.61. The molecule has 0 saturated carbocycles. The van der Waals surface area contributed by atoms with Crippen LogP contribution in [0.25, 0.3) is 0 Å². The zero-order valence-corrected chi connectivity index (χ0v) is 11.0. The molecular formula is C10H8BrClF2O3. The van der Waals surface area contributed by atoms with Gasteiger partial charge < -0.3 is 9.47 Å². The molecule has 0 aliphatic carbocycles. The topological polar surface area (TPSA) is 35.5 Å². The van der Waals surface area contributed by atoms with E-state index in [1.807, 2.05) is 0 Å². The van der Waals surface area contributed by atoms with Gasteiger partial charge in [-0.05, 0) is 17.7 Å². The molecule has 0 N–H and O–H groups in total. The van der Waals surface area contributed by atoms with Gasteiger partial charge in [0, 0.05) is 4.47 Å². The second kappa shape index (κ2) is 6.16. The van der Waals surface area contributed by atoms with Crippen LogP contribution < -0.4 is 4.74 Å². The lowest BCUT2D eigenvalue weighted by molar-refractivity contribution is -0.139. The van der Waals surface area contributed by atoms with Crippen LogP contribution in [0.1, 0.15) is 5.56 Å². The molecule has 17 heavy (non-hydrogen) atoms. The normalized spacial score (nSPS) is 10.5. The zero-order valence-electron chi connectivity index (χ0n) is 8.68. The zero-order chi connectivity index (χ0) is 13.0. The molecule has 0 aliphatic heterocycles. The van der Waals surface area contributed by atoms with E-state index in [1.54, 1.807) is 0 Å². The Morgan fingerprint density at radius 3 is 2.71 bits per heavy atom. The van der Waals surface area contributed by atoms with Crippen molar-refractivity contribution in [1.29, 1.82) is 0 Å². The summed E-state index contributed by atoms with van der Waals surface area (Å²) >= 11 is 9.03. The SMILES string of the molecule is COC(=O)Cc1c(Br)ccc(OC(F)F)c1Cl. The molecule has 1 rings (SSSR count). The summed E-state index contributed by atoms with van der Waals surface area (Å²) in [4.78, 5) is 11.1. The van der Waals surface area contributed by atoms with Crippen LogP contribution in [0.2, 0.25) is 5.02 Å². The third-order valence-electron chi connectivity index (χ3n) is 1.92. The highest BCUT2D eigenvalue weighted by atomic mass is 79.9. The van der Waals surface area contributed by atoms with Gasteiger partial charge in [-0.1, -0.05) is 27.5 Å². The van der Waals surface area contributed by atoms with Crippen LogP contribution in [0.4, 0.5) is 8.78 Å². The minimum absolute atomic E-state index is 0.0370. The van der Waals surface area contributed by atoms with Gasteiger partial charge in [-0.3, -0.25) is 4.79 Å². The molecule has 0 unspecified atom stereocenters. The van der Waals surface area contributed by atoms with Crippen LogP contribution in [0.3, 0.4) is 0 Å². The monoisotopic (exact) mass is 328 g/mol. The third kappa shape index (κ3) is 3.81. The number of hydrogen-bond donors (Lipinski definition) is 0. The maximum absolute atomic E-state index is 12.1. The minimum Gasteiger partial charge on any atom is -0.469 e. The second-order valence-corrected chi connectivity index (χ2v) is 4.20. The van der Waals surface area contributed by atoms with Crippen LogP contribution in [-0.4, -0.2) is 19.7 Å². The van der Waals surface area contributed by atoms with Crippen molar-refractivity contribution in [3.63, 3.8) is 0 Å². The van der Waals surface area contributed by atoms with Crippen molar-refractivity contribution < 1.29 is 23.0 Å². The number of halogens is 4. The molecule has 0 radical (unpaired) electrons. The molecule has 0 fully saturated rings. The van der Waals surface area contributed by atoms with Crippen LogP contribution >= 0.6 is 27.5 Å².